The first kappa shape index (κ1) is 15.5. The maximum atomic E-state index is 12.4. The molecule has 0 atom stereocenters. The van der Waals surface area contributed by atoms with Crippen molar-refractivity contribution in [3.8, 4) is 0 Å². The van der Waals surface area contributed by atoms with E-state index >= 15 is 0 Å². The third-order valence-electron chi connectivity index (χ3n) is 2.75. The lowest BCUT2D eigenvalue weighted by Gasteiger charge is -2.26. The van der Waals surface area contributed by atoms with Gasteiger partial charge in [0.1, 0.15) is 11.5 Å². The monoisotopic (exact) mass is 263 g/mol. The van der Waals surface area contributed by atoms with Crippen molar-refractivity contribution >= 4 is 11.7 Å². The number of carbonyl (C=O) groups is 1. The van der Waals surface area contributed by atoms with Crippen LogP contribution in [-0.2, 0) is 0 Å². The standard InChI is InChI=1S/C15H25N3O/c1-6-10-18(12(4)5)15(19)13-8-7-9-14(17-13)16-11(2)3/h7-9,11-12H,6,10H2,1-5H3,(H,16,17). The van der Waals surface area contributed by atoms with Crippen molar-refractivity contribution in [3.63, 3.8) is 0 Å². The summed E-state index contributed by atoms with van der Waals surface area (Å²) in [6.45, 7) is 11.0. The Kier molecular flexibility index (Phi) is 5.80. The van der Waals surface area contributed by atoms with Gasteiger partial charge in [-0.1, -0.05) is 13.0 Å². The molecule has 4 nitrogen and oxygen atoms in total. The van der Waals surface area contributed by atoms with Crippen molar-refractivity contribution in [1.82, 2.24) is 9.88 Å². The smallest absolute Gasteiger partial charge is 0.272 e. The van der Waals surface area contributed by atoms with Gasteiger partial charge in [-0.25, -0.2) is 4.98 Å². The van der Waals surface area contributed by atoms with Gasteiger partial charge in [-0.15, -0.1) is 0 Å². The van der Waals surface area contributed by atoms with Crippen LogP contribution in [0.3, 0.4) is 0 Å². The molecule has 0 saturated heterocycles. The van der Waals surface area contributed by atoms with Crippen LogP contribution in [0.5, 0.6) is 0 Å². The summed E-state index contributed by atoms with van der Waals surface area (Å²) in [6, 6.07) is 6.02. The van der Waals surface area contributed by atoms with E-state index in [1.165, 1.54) is 0 Å². The number of amides is 1. The summed E-state index contributed by atoms with van der Waals surface area (Å²) in [5.41, 5.74) is 0.507. The van der Waals surface area contributed by atoms with Crippen LogP contribution >= 0.6 is 0 Å². The second kappa shape index (κ2) is 7.12. The molecule has 0 aromatic carbocycles. The van der Waals surface area contributed by atoms with Gasteiger partial charge in [0.05, 0.1) is 0 Å². The Hall–Kier alpha value is -1.58. The number of pyridine rings is 1. The number of nitrogens with one attached hydrogen (secondary N) is 1. The number of hydrogen-bond acceptors (Lipinski definition) is 3. The van der Waals surface area contributed by atoms with Gasteiger partial charge < -0.3 is 10.2 Å². The molecule has 1 rings (SSSR count). The van der Waals surface area contributed by atoms with E-state index in [0.29, 0.717) is 11.7 Å². The number of aromatic nitrogens is 1. The molecule has 0 saturated carbocycles. The van der Waals surface area contributed by atoms with Crippen LogP contribution < -0.4 is 5.32 Å². The molecule has 1 aromatic heterocycles. The number of rotatable bonds is 6. The maximum absolute atomic E-state index is 12.4. The summed E-state index contributed by atoms with van der Waals surface area (Å²) in [7, 11) is 0. The quantitative estimate of drug-likeness (QED) is 0.857. The summed E-state index contributed by atoms with van der Waals surface area (Å²) in [5.74, 6) is 0.755. The average Bonchev–Trinajstić information content (AvgIpc) is 2.34. The second-order valence-corrected chi connectivity index (χ2v) is 5.30. The highest BCUT2D eigenvalue weighted by molar-refractivity contribution is 5.92. The van der Waals surface area contributed by atoms with Gasteiger partial charge >= 0.3 is 0 Å². The molecular weight excluding hydrogens is 238 g/mol. The van der Waals surface area contributed by atoms with Gasteiger partial charge in [0.15, 0.2) is 0 Å². The largest absolute Gasteiger partial charge is 0.368 e. The molecule has 0 fully saturated rings. The second-order valence-electron chi connectivity index (χ2n) is 5.30. The highest BCUT2D eigenvalue weighted by atomic mass is 16.2. The molecule has 0 aliphatic rings. The molecule has 1 aromatic rings. The van der Waals surface area contributed by atoms with Gasteiger partial charge in [-0.3, -0.25) is 4.79 Å². The molecule has 1 heterocycles. The van der Waals surface area contributed by atoms with E-state index in [1.807, 2.05) is 44.7 Å². The number of anilines is 1. The Morgan fingerprint density at radius 3 is 2.53 bits per heavy atom. The lowest BCUT2D eigenvalue weighted by molar-refractivity contribution is 0.0700. The van der Waals surface area contributed by atoms with Gasteiger partial charge in [-0.2, -0.15) is 0 Å². The maximum Gasteiger partial charge on any atom is 0.272 e. The highest BCUT2D eigenvalue weighted by Gasteiger charge is 2.19. The van der Waals surface area contributed by atoms with Gasteiger partial charge in [0.25, 0.3) is 5.91 Å². The molecule has 19 heavy (non-hydrogen) atoms. The normalized spacial score (nSPS) is 10.9. The molecule has 0 bridgehead atoms. The summed E-state index contributed by atoms with van der Waals surface area (Å²) in [4.78, 5) is 18.7. The average molecular weight is 263 g/mol. The molecule has 4 heteroatoms. The van der Waals surface area contributed by atoms with Crippen molar-refractivity contribution < 1.29 is 4.79 Å². The first-order chi connectivity index (χ1) is 8.95. The molecule has 0 unspecified atom stereocenters. The first-order valence-corrected chi connectivity index (χ1v) is 7.00. The van der Waals surface area contributed by atoms with Crippen molar-refractivity contribution in [2.75, 3.05) is 11.9 Å². The Balaban J connectivity index is 2.91. The van der Waals surface area contributed by atoms with E-state index in [9.17, 15) is 4.79 Å². The first-order valence-electron chi connectivity index (χ1n) is 7.00. The zero-order valence-corrected chi connectivity index (χ0v) is 12.6. The summed E-state index contributed by atoms with van der Waals surface area (Å²) in [5, 5.41) is 3.22. The molecule has 1 amide bonds. The molecule has 0 aliphatic carbocycles. The fraction of sp³-hybridized carbons (Fsp3) is 0.600. The molecule has 1 N–H and O–H groups in total. The fourth-order valence-corrected chi connectivity index (χ4v) is 1.91. The van der Waals surface area contributed by atoms with E-state index in [2.05, 4.69) is 17.2 Å². The van der Waals surface area contributed by atoms with Crippen LogP contribution in [-0.4, -0.2) is 34.4 Å². The lowest BCUT2D eigenvalue weighted by Crippen LogP contribution is -2.38. The van der Waals surface area contributed by atoms with E-state index < -0.39 is 0 Å². The molecule has 0 aliphatic heterocycles. The summed E-state index contributed by atoms with van der Waals surface area (Å²) < 4.78 is 0. The Bertz CT molecular complexity index is 416. The van der Waals surface area contributed by atoms with E-state index in [-0.39, 0.29) is 11.9 Å². The van der Waals surface area contributed by atoms with E-state index in [0.717, 1.165) is 18.8 Å². The van der Waals surface area contributed by atoms with Crippen LogP contribution in [0.15, 0.2) is 18.2 Å². The summed E-state index contributed by atoms with van der Waals surface area (Å²) in [6.07, 6.45) is 0.952. The highest BCUT2D eigenvalue weighted by Crippen LogP contribution is 2.11. The van der Waals surface area contributed by atoms with Crippen LogP contribution in [0.2, 0.25) is 0 Å². The molecule has 106 valence electrons. The molecule has 0 radical (unpaired) electrons. The number of carbonyl (C=O) groups excluding carboxylic acids is 1. The van der Waals surface area contributed by atoms with E-state index in [4.69, 9.17) is 0 Å². The summed E-state index contributed by atoms with van der Waals surface area (Å²) >= 11 is 0. The number of hydrogen-bond donors (Lipinski definition) is 1. The van der Waals surface area contributed by atoms with Crippen molar-refractivity contribution in [1.29, 1.82) is 0 Å². The minimum atomic E-state index is 0.00394. The molecular formula is C15H25N3O. The zero-order chi connectivity index (χ0) is 14.4. The minimum absolute atomic E-state index is 0.00394. The Labute approximate surface area is 116 Å². The lowest BCUT2D eigenvalue weighted by atomic mass is 10.2. The van der Waals surface area contributed by atoms with Gasteiger partial charge in [0, 0.05) is 18.6 Å². The third-order valence-corrected chi connectivity index (χ3v) is 2.75. The number of nitrogens with zero attached hydrogens (tertiary/aromatic N) is 2. The van der Waals surface area contributed by atoms with Gasteiger partial charge in [0.2, 0.25) is 0 Å². The van der Waals surface area contributed by atoms with Crippen LogP contribution in [0, 0.1) is 0 Å². The van der Waals surface area contributed by atoms with Gasteiger partial charge in [-0.05, 0) is 46.2 Å². The van der Waals surface area contributed by atoms with Crippen LogP contribution in [0.4, 0.5) is 5.82 Å². The van der Waals surface area contributed by atoms with Crippen LogP contribution in [0.25, 0.3) is 0 Å². The van der Waals surface area contributed by atoms with Crippen LogP contribution in [0.1, 0.15) is 51.5 Å². The van der Waals surface area contributed by atoms with Crippen molar-refractivity contribution in [3.05, 3.63) is 23.9 Å². The van der Waals surface area contributed by atoms with E-state index in [1.54, 1.807) is 6.07 Å². The topological polar surface area (TPSA) is 45.2 Å². The SMILES string of the molecule is CCCN(C(=O)c1cccc(NC(C)C)n1)C(C)C. The fourth-order valence-electron chi connectivity index (χ4n) is 1.91. The predicted molar refractivity (Wildman–Crippen MR) is 79.5 cm³/mol. The minimum Gasteiger partial charge on any atom is -0.368 e. The van der Waals surface area contributed by atoms with Crippen molar-refractivity contribution in [2.24, 2.45) is 0 Å². The predicted octanol–water partition coefficient (Wildman–Crippen LogP) is 3.16. The Morgan fingerprint density at radius 1 is 1.32 bits per heavy atom. The van der Waals surface area contributed by atoms with Crippen molar-refractivity contribution in [2.45, 2.75) is 53.1 Å². The zero-order valence-electron chi connectivity index (χ0n) is 12.6. The molecule has 0 spiro atoms. The third kappa shape index (κ3) is 4.54. The Morgan fingerprint density at radius 2 is 2.00 bits per heavy atom.